The number of anilines is 1. The van der Waals surface area contributed by atoms with Crippen LogP contribution in [0.25, 0.3) is 0 Å². The molecule has 1 aromatic carbocycles. The molecule has 37 heavy (non-hydrogen) atoms. The Bertz CT molecular complexity index is 856. The molecule has 0 spiro atoms. The predicted molar refractivity (Wildman–Crippen MR) is 160 cm³/mol. The molecule has 0 bridgehead atoms. The highest BCUT2D eigenvalue weighted by atomic mass is 19.1. The van der Waals surface area contributed by atoms with Crippen molar-refractivity contribution in [3.63, 3.8) is 0 Å². The van der Waals surface area contributed by atoms with Gasteiger partial charge in [0.1, 0.15) is 11.6 Å². The van der Waals surface area contributed by atoms with Crippen LogP contribution in [0.2, 0.25) is 0 Å². The van der Waals surface area contributed by atoms with Gasteiger partial charge in [0.25, 0.3) is 0 Å². The third kappa shape index (κ3) is 17.5. The lowest BCUT2D eigenvalue weighted by Gasteiger charge is -2.24. The molecule has 0 saturated heterocycles. The zero-order chi connectivity index (χ0) is 28.9. The van der Waals surface area contributed by atoms with Crippen LogP contribution in [0.3, 0.4) is 0 Å². The Hall–Kier alpha value is -3.56. The molecule has 0 aliphatic rings. The molecule has 0 saturated carbocycles. The number of hydrogen-bond acceptors (Lipinski definition) is 7. The number of aliphatic imine (C=N–C) groups is 1. The summed E-state index contributed by atoms with van der Waals surface area (Å²) in [7, 11) is 3.29. The third-order valence-electron chi connectivity index (χ3n) is 4.35. The van der Waals surface area contributed by atoms with Gasteiger partial charge in [-0.25, -0.2) is 14.8 Å². The van der Waals surface area contributed by atoms with Gasteiger partial charge in [0.2, 0.25) is 0 Å². The Labute approximate surface area is 224 Å². The van der Waals surface area contributed by atoms with E-state index in [4.69, 9.17) is 16.9 Å². The van der Waals surface area contributed by atoms with Crippen molar-refractivity contribution >= 4 is 18.4 Å². The standard InChI is InChI=1S/C16H20FN5.C7H12N2.2C2H6.CH5N/c1-19-22(11-14-5-2-3-7-15(14)17)16-13(6-4-9-21-16)8-10-20-12-18;1-2-7(3-5-8)4-6-9;3*1-2/h2-7,9,12,19H,8,10-11H2,1H3,(H2,18,20);2-3,5-7,9H,1,4,8H2;2*1-2H3;2H2,1H3/b;5-3+,9-6?;;;. The van der Waals surface area contributed by atoms with E-state index in [2.05, 4.69) is 27.7 Å². The Morgan fingerprint density at radius 3 is 2.24 bits per heavy atom. The second-order valence-corrected chi connectivity index (χ2v) is 6.42. The van der Waals surface area contributed by atoms with Crippen molar-refractivity contribution in [1.82, 2.24) is 10.4 Å². The minimum absolute atomic E-state index is 0.229. The molecule has 8 N–H and O–H groups in total. The molecule has 0 fully saturated rings. The summed E-state index contributed by atoms with van der Waals surface area (Å²) in [5.74, 6) is 0.765. The van der Waals surface area contributed by atoms with Crippen LogP contribution >= 0.6 is 0 Å². The largest absolute Gasteiger partial charge is 0.405 e. The summed E-state index contributed by atoms with van der Waals surface area (Å²) < 4.78 is 13.8. The SMILES string of the molecule is C=CC(/C=C/N)CC=N.CC.CC.CN.CNN(Cc1ccccc1F)c1ncccc1CCN=CN. The summed E-state index contributed by atoms with van der Waals surface area (Å²) in [6, 6.07) is 10.6. The van der Waals surface area contributed by atoms with Crippen LogP contribution in [0.5, 0.6) is 0 Å². The lowest BCUT2D eigenvalue weighted by molar-refractivity contribution is 0.592. The first-order valence-corrected chi connectivity index (χ1v) is 12.5. The molecule has 0 aliphatic heterocycles. The van der Waals surface area contributed by atoms with Gasteiger partial charge in [-0.05, 0) is 50.0 Å². The van der Waals surface area contributed by atoms with Crippen molar-refractivity contribution in [3.8, 4) is 0 Å². The maximum absolute atomic E-state index is 13.8. The number of pyridine rings is 1. The molecule has 2 rings (SSSR count). The topological polar surface area (TPSA) is 142 Å². The van der Waals surface area contributed by atoms with E-state index in [0.717, 1.165) is 11.4 Å². The average molecular weight is 517 g/mol. The van der Waals surface area contributed by atoms with Crippen LogP contribution in [0.15, 0.2) is 72.5 Å². The van der Waals surface area contributed by atoms with Crippen LogP contribution in [0.4, 0.5) is 10.2 Å². The van der Waals surface area contributed by atoms with Crippen LogP contribution in [0.1, 0.15) is 45.2 Å². The Balaban J connectivity index is -0.000000648. The van der Waals surface area contributed by atoms with Crippen molar-refractivity contribution < 1.29 is 4.39 Å². The molecular weight excluding hydrogens is 467 g/mol. The fourth-order valence-electron chi connectivity index (χ4n) is 2.72. The highest BCUT2D eigenvalue weighted by Gasteiger charge is 2.13. The number of nitrogens with zero attached hydrogens (tertiary/aromatic N) is 3. The second-order valence-electron chi connectivity index (χ2n) is 6.42. The number of aromatic nitrogens is 1. The van der Waals surface area contributed by atoms with E-state index in [9.17, 15) is 4.39 Å². The van der Waals surface area contributed by atoms with Gasteiger partial charge < -0.3 is 22.6 Å². The smallest absolute Gasteiger partial charge is 0.146 e. The molecule has 8 nitrogen and oxygen atoms in total. The summed E-state index contributed by atoms with van der Waals surface area (Å²) in [5.41, 5.74) is 19.6. The number of rotatable bonds is 11. The molecule has 2 aromatic rings. The van der Waals surface area contributed by atoms with Gasteiger partial charge >= 0.3 is 0 Å². The molecule has 208 valence electrons. The van der Waals surface area contributed by atoms with Crippen molar-refractivity contribution in [2.75, 3.05) is 25.6 Å². The number of nitrogens with one attached hydrogen (secondary N) is 2. The molecule has 1 atom stereocenters. The van der Waals surface area contributed by atoms with E-state index >= 15 is 0 Å². The lowest BCUT2D eigenvalue weighted by Crippen LogP contribution is -2.36. The molecule has 0 amide bonds. The Morgan fingerprint density at radius 2 is 1.73 bits per heavy atom. The fraction of sp³-hybridized carbons (Fsp3) is 0.393. The van der Waals surface area contributed by atoms with E-state index in [0.29, 0.717) is 31.5 Å². The minimum Gasteiger partial charge on any atom is -0.405 e. The Kier molecular flexibility index (Phi) is 29.4. The highest BCUT2D eigenvalue weighted by Crippen LogP contribution is 2.19. The van der Waals surface area contributed by atoms with Crippen molar-refractivity contribution in [2.24, 2.45) is 28.1 Å². The minimum atomic E-state index is -0.229. The Morgan fingerprint density at radius 1 is 1.11 bits per heavy atom. The van der Waals surface area contributed by atoms with E-state index in [-0.39, 0.29) is 11.7 Å². The van der Waals surface area contributed by atoms with Crippen LogP contribution in [0, 0.1) is 17.1 Å². The number of hydrazine groups is 1. The first kappa shape index (κ1) is 38.0. The zero-order valence-electron chi connectivity index (χ0n) is 23.5. The van der Waals surface area contributed by atoms with Gasteiger partial charge in [-0.3, -0.25) is 10.0 Å². The van der Waals surface area contributed by atoms with Crippen molar-refractivity contribution in [3.05, 3.63) is 84.5 Å². The summed E-state index contributed by atoms with van der Waals surface area (Å²) in [6.45, 7) is 12.6. The fourth-order valence-corrected chi connectivity index (χ4v) is 2.72. The van der Waals surface area contributed by atoms with Crippen LogP contribution < -0.4 is 27.6 Å². The first-order chi connectivity index (χ1) is 18.1. The number of benzene rings is 1. The molecule has 1 heterocycles. The predicted octanol–water partition coefficient (Wildman–Crippen LogP) is 4.82. The summed E-state index contributed by atoms with van der Waals surface area (Å²) in [5, 5.41) is 8.59. The molecular formula is C28H49FN8. The van der Waals surface area contributed by atoms with Gasteiger partial charge in [0, 0.05) is 31.3 Å². The normalized spacial score (nSPS) is 10.3. The number of halogens is 1. The van der Waals surface area contributed by atoms with Gasteiger partial charge in [-0.1, -0.05) is 64.1 Å². The van der Waals surface area contributed by atoms with Gasteiger partial charge in [0.05, 0.1) is 12.9 Å². The van der Waals surface area contributed by atoms with E-state index in [1.54, 1.807) is 31.5 Å². The second kappa shape index (κ2) is 28.7. The van der Waals surface area contributed by atoms with E-state index in [1.165, 1.54) is 31.9 Å². The number of nitrogens with two attached hydrogens (primary N) is 3. The monoisotopic (exact) mass is 516 g/mol. The molecule has 1 aromatic heterocycles. The van der Waals surface area contributed by atoms with Gasteiger partial charge in [-0.2, -0.15) is 0 Å². The highest BCUT2D eigenvalue weighted by molar-refractivity contribution is 5.54. The zero-order valence-corrected chi connectivity index (χ0v) is 23.5. The van der Waals surface area contributed by atoms with Crippen molar-refractivity contribution in [2.45, 2.75) is 47.1 Å². The van der Waals surface area contributed by atoms with Crippen molar-refractivity contribution in [1.29, 1.82) is 5.41 Å². The molecule has 1 unspecified atom stereocenters. The quantitative estimate of drug-likeness (QED) is 0.125. The number of hydrogen-bond donors (Lipinski definition) is 5. The van der Waals surface area contributed by atoms with Crippen LogP contribution in [-0.2, 0) is 13.0 Å². The summed E-state index contributed by atoms with van der Waals surface area (Å²) in [4.78, 5) is 8.43. The molecule has 0 aliphatic carbocycles. The number of allylic oxidation sites excluding steroid dienone is 2. The van der Waals surface area contributed by atoms with Gasteiger partial charge in [0.15, 0.2) is 0 Å². The van der Waals surface area contributed by atoms with Gasteiger partial charge in [-0.15, -0.1) is 6.58 Å². The first-order valence-electron chi connectivity index (χ1n) is 12.5. The maximum atomic E-state index is 13.8. The average Bonchev–Trinajstić information content (AvgIpc) is 2.96. The van der Waals surface area contributed by atoms with E-state index < -0.39 is 0 Å². The molecule has 9 heteroatoms. The summed E-state index contributed by atoms with van der Waals surface area (Å²) >= 11 is 0. The molecule has 0 radical (unpaired) electrons. The third-order valence-corrected chi connectivity index (χ3v) is 4.35. The summed E-state index contributed by atoms with van der Waals surface area (Å²) in [6.07, 6.45) is 10.8. The van der Waals surface area contributed by atoms with Crippen LogP contribution in [-0.4, -0.2) is 38.2 Å². The lowest BCUT2D eigenvalue weighted by atomic mass is 10.1. The maximum Gasteiger partial charge on any atom is 0.146 e. The van der Waals surface area contributed by atoms with E-state index in [1.807, 2.05) is 57.0 Å².